The largest absolute Gasteiger partial charge is 0.495 e. The molecule has 0 spiro atoms. The molecule has 0 saturated carbocycles. The van der Waals surface area contributed by atoms with Gasteiger partial charge >= 0.3 is 7.12 Å². The number of hydrogen-bond donors (Lipinski definition) is 5. The Morgan fingerprint density at radius 2 is 1.01 bits per heavy atom. The first-order valence-corrected chi connectivity index (χ1v) is 26.2. The zero-order valence-corrected chi connectivity index (χ0v) is 44.7. The van der Waals surface area contributed by atoms with Gasteiger partial charge in [0.2, 0.25) is 31.9 Å². The molecule has 368 valence electrons. The third-order valence-corrected chi connectivity index (χ3v) is 15.3. The van der Waals surface area contributed by atoms with E-state index in [1.807, 2.05) is 33.8 Å². The molecule has 8 N–H and O–H groups in total. The molecule has 0 radical (unpaired) electrons. The maximum Gasteiger partial charge on any atom is 0.495 e. The van der Waals surface area contributed by atoms with Crippen LogP contribution in [0.1, 0.15) is 41.5 Å². The van der Waals surface area contributed by atoms with Crippen LogP contribution in [0.2, 0.25) is 0 Å². The van der Waals surface area contributed by atoms with Gasteiger partial charge in [-0.15, -0.1) is 0 Å². The number of nitrogen functional groups attached to an aromatic ring is 3. The second-order valence-electron chi connectivity index (χ2n) is 15.5. The Labute approximate surface area is 417 Å². The topological polar surface area (TPSA) is 328 Å². The molecule has 22 nitrogen and oxygen atoms in total. The minimum Gasteiger partial charge on any atom is -0.399 e. The van der Waals surface area contributed by atoms with Crippen LogP contribution >= 0.6 is 42.5 Å². The zero-order valence-electron chi connectivity index (χ0n) is 38.3. The number of nitrogens with two attached hydrogens (primary N) is 3. The van der Waals surface area contributed by atoms with E-state index in [2.05, 4.69) is 67.4 Å². The highest BCUT2D eigenvalue weighted by molar-refractivity contribution is 9.10. The molecule has 1 aliphatic rings. The second-order valence-corrected chi connectivity index (χ2v) is 24.2. The molecular weight excluding hydrogens is 1100 g/mol. The Kier molecular flexibility index (Phi) is 19.5. The zero-order chi connectivity index (χ0) is 51.7. The lowest BCUT2D eigenvalue weighted by atomic mass is 9.80. The van der Waals surface area contributed by atoms with E-state index in [1.54, 1.807) is 24.4 Å². The van der Waals surface area contributed by atoms with Gasteiger partial charge in [0.15, 0.2) is 0 Å². The van der Waals surface area contributed by atoms with Gasteiger partial charge < -0.3 is 37.1 Å². The molecule has 1 aliphatic heterocycles. The van der Waals surface area contributed by atoms with Gasteiger partial charge in [-0.2, -0.15) is 0 Å². The average Bonchev–Trinajstić information content (AvgIpc) is 3.45. The fourth-order valence-corrected chi connectivity index (χ4v) is 9.04. The number of anilines is 5. The number of halogens is 3. The van der Waals surface area contributed by atoms with Crippen molar-refractivity contribution < 1.29 is 44.2 Å². The van der Waals surface area contributed by atoms with E-state index in [0.717, 1.165) is 14.1 Å². The highest BCUT2D eigenvalue weighted by Gasteiger charge is 2.51. The molecule has 0 unspecified atom stereocenters. The minimum absolute atomic E-state index is 0.00176. The van der Waals surface area contributed by atoms with Crippen molar-refractivity contribution in [1.29, 1.82) is 0 Å². The Balaban J connectivity index is 0.000000248. The molecule has 1 saturated heterocycles. The maximum absolute atomic E-state index is 12.3. The van der Waals surface area contributed by atoms with Gasteiger partial charge in [-0.05, 0) is 113 Å². The molecule has 5 aromatic heterocycles. The summed E-state index contributed by atoms with van der Waals surface area (Å²) in [4.78, 5) is 41.3. The van der Waals surface area contributed by atoms with Gasteiger partial charge in [0, 0.05) is 98.2 Å². The predicted molar refractivity (Wildman–Crippen MR) is 268 cm³/mol. The molecule has 5 aromatic rings. The van der Waals surface area contributed by atoms with Crippen LogP contribution in [0.4, 0.5) is 29.1 Å². The quantitative estimate of drug-likeness (QED) is 0.101. The van der Waals surface area contributed by atoms with Gasteiger partial charge in [0.25, 0.3) is 9.05 Å². The van der Waals surface area contributed by atoms with Crippen LogP contribution in [0.5, 0.6) is 0 Å². The van der Waals surface area contributed by atoms with Crippen molar-refractivity contribution in [3.8, 4) is 11.1 Å². The number of aromatic nitrogens is 5. The van der Waals surface area contributed by atoms with Crippen LogP contribution in [-0.2, 0) is 48.0 Å². The van der Waals surface area contributed by atoms with E-state index in [1.165, 1.54) is 85.0 Å². The average molecular weight is 1150 g/mol. The standard InChI is InChI=1S/C14H17N5O3S.C13H19BN2O3.C7H10BrN3O2S.C5H4BrClN2O2S/c1-9(20)18-13-7-10(4-5-16-13)11-6-12(14(15)17-8-11)23(21,22)19(2)3;1-9(17)16-11-8-10(6-7-15-11)14-18-12(2,3)13(4,5)19-14;1-11(2)14(12,13)6-3-5(8)4-10-7(6)9;6-3-1-4(12(7,10)11)5(8)9-2-3/h4-8H,1-3H3,(H2,15,17)(H,16,18,20);6-8H,1-5H3,(H,15,16,17);3-4H,1-2H3,(H2,9,10);1-2H,(H2,8,9). The number of sulfonamides is 2. The summed E-state index contributed by atoms with van der Waals surface area (Å²) in [5.74, 6) is 0.289. The van der Waals surface area contributed by atoms with Crippen LogP contribution in [0.3, 0.4) is 0 Å². The maximum atomic E-state index is 12.3. The molecule has 68 heavy (non-hydrogen) atoms. The summed E-state index contributed by atoms with van der Waals surface area (Å²) in [5.41, 5.74) is 17.8. The normalized spacial score (nSPS) is 14.1. The number of pyridine rings is 5. The summed E-state index contributed by atoms with van der Waals surface area (Å²) in [6.07, 6.45) is 7.45. The van der Waals surface area contributed by atoms with Crippen molar-refractivity contribution in [2.75, 3.05) is 56.0 Å². The lowest BCUT2D eigenvalue weighted by molar-refractivity contribution is -0.115. The first kappa shape index (κ1) is 57.4. The van der Waals surface area contributed by atoms with Crippen molar-refractivity contribution in [3.05, 3.63) is 82.4 Å². The molecule has 2 amide bonds. The van der Waals surface area contributed by atoms with E-state index < -0.39 is 36.2 Å². The van der Waals surface area contributed by atoms with Crippen LogP contribution in [0.25, 0.3) is 11.1 Å². The predicted octanol–water partition coefficient (Wildman–Crippen LogP) is 4.30. The summed E-state index contributed by atoms with van der Waals surface area (Å²) < 4.78 is 84.8. The first-order chi connectivity index (χ1) is 31.2. The van der Waals surface area contributed by atoms with E-state index in [0.29, 0.717) is 31.7 Å². The van der Waals surface area contributed by atoms with Crippen molar-refractivity contribution in [2.24, 2.45) is 0 Å². The number of amides is 2. The first-order valence-electron chi connectivity index (χ1n) is 19.4. The number of nitrogens with zero attached hydrogens (tertiary/aromatic N) is 7. The molecule has 6 heterocycles. The molecule has 1 fully saturated rings. The van der Waals surface area contributed by atoms with E-state index in [4.69, 9.17) is 37.2 Å². The van der Waals surface area contributed by atoms with Crippen molar-refractivity contribution >= 4 is 125 Å². The van der Waals surface area contributed by atoms with Gasteiger partial charge in [-0.1, -0.05) is 0 Å². The number of nitrogens with one attached hydrogen (secondary N) is 2. The van der Waals surface area contributed by atoms with Gasteiger partial charge in [0.05, 0.1) is 11.2 Å². The highest BCUT2D eigenvalue weighted by Crippen LogP contribution is 2.36. The number of carbonyl (C=O) groups excluding carboxylic acids is 2. The summed E-state index contributed by atoms with van der Waals surface area (Å²) in [6, 6.07) is 11.1. The molecule has 0 atom stereocenters. The fourth-order valence-electron chi connectivity index (χ4n) is 5.16. The molecule has 29 heteroatoms. The van der Waals surface area contributed by atoms with E-state index in [-0.39, 0.29) is 55.2 Å². The summed E-state index contributed by atoms with van der Waals surface area (Å²) >= 11 is 6.18. The molecule has 6 rings (SSSR count). The third-order valence-electron chi connectivity index (χ3n) is 9.37. The Morgan fingerprint density at radius 3 is 1.44 bits per heavy atom. The van der Waals surface area contributed by atoms with Crippen molar-refractivity contribution in [3.63, 3.8) is 0 Å². The molecular formula is C39H50BBr2ClN12O10S3. The second kappa shape index (κ2) is 23.1. The monoisotopic (exact) mass is 1150 g/mol. The third kappa shape index (κ3) is 15.6. The van der Waals surface area contributed by atoms with Crippen molar-refractivity contribution in [2.45, 2.75) is 67.4 Å². The molecule has 0 aliphatic carbocycles. The number of rotatable bonds is 9. The number of hydrogen-bond acceptors (Lipinski definition) is 18. The molecule has 0 bridgehead atoms. The fraction of sp³-hybridized carbons (Fsp3) is 0.308. The van der Waals surface area contributed by atoms with E-state index in [9.17, 15) is 34.8 Å². The lowest BCUT2D eigenvalue weighted by Gasteiger charge is -2.32. The minimum atomic E-state index is -3.80. The smallest absolute Gasteiger partial charge is 0.399 e. The Bertz CT molecular complexity index is 2980. The summed E-state index contributed by atoms with van der Waals surface area (Å²) in [5, 5.41) is 5.22. The van der Waals surface area contributed by atoms with Gasteiger partial charge in [0.1, 0.15) is 43.8 Å². The van der Waals surface area contributed by atoms with Crippen LogP contribution in [0, 0.1) is 0 Å². The highest BCUT2D eigenvalue weighted by atomic mass is 79.9. The van der Waals surface area contributed by atoms with Crippen molar-refractivity contribution in [1.82, 2.24) is 33.5 Å². The lowest BCUT2D eigenvalue weighted by Crippen LogP contribution is -2.41. The van der Waals surface area contributed by atoms with Gasteiger partial charge in [-0.25, -0.2) is 58.8 Å². The van der Waals surface area contributed by atoms with Gasteiger partial charge in [-0.3, -0.25) is 9.59 Å². The summed E-state index contributed by atoms with van der Waals surface area (Å²) in [7, 11) is -0.680. The Morgan fingerprint density at radius 1 is 0.618 bits per heavy atom. The van der Waals surface area contributed by atoms with Crippen LogP contribution < -0.4 is 33.3 Å². The van der Waals surface area contributed by atoms with Crippen LogP contribution in [-0.4, -0.2) is 117 Å². The molecule has 0 aromatic carbocycles. The summed E-state index contributed by atoms with van der Waals surface area (Å²) in [6.45, 7) is 10.8. The number of carbonyl (C=O) groups is 2. The SMILES string of the molecule is CC(=O)Nc1cc(-c2cnc(N)c(S(=O)(=O)N(C)C)c2)ccn1.CC(=O)Nc1cc(B2OC(C)(C)C(C)(C)O2)ccn1.CN(C)S(=O)(=O)c1cc(Br)cnc1N.Nc1ncc(Br)cc1S(=O)(=O)Cl. The van der Waals surface area contributed by atoms with E-state index >= 15 is 0 Å². The van der Waals surface area contributed by atoms with Crippen LogP contribution in [0.15, 0.2) is 97.1 Å². The Hall–Kier alpha value is -4.91.